The SMILES string of the molecule is NC(=O)CN(Cc1ccc(C=CC(=O)O)s1)C1CCCC1. The Balaban J connectivity index is 2.02. The Hall–Kier alpha value is -1.66. The lowest BCUT2D eigenvalue weighted by atomic mass is 10.2. The number of carboxylic acids is 1. The number of amides is 1. The number of nitrogens with zero attached hydrogens (tertiary/aromatic N) is 1. The van der Waals surface area contributed by atoms with Gasteiger partial charge in [0.1, 0.15) is 0 Å². The van der Waals surface area contributed by atoms with Crippen molar-refractivity contribution in [3.05, 3.63) is 28.0 Å². The minimum absolute atomic E-state index is 0.281. The number of thiophene rings is 1. The van der Waals surface area contributed by atoms with Gasteiger partial charge in [0, 0.05) is 28.4 Å². The van der Waals surface area contributed by atoms with Crippen LogP contribution >= 0.6 is 11.3 Å². The zero-order valence-corrected chi connectivity index (χ0v) is 12.6. The van der Waals surface area contributed by atoms with Crippen LogP contribution in [0.5, 0.6) is 0 Å². The van der Waals surface area contributed by atoms with Gasteiger partial charge in [-0.05, 0) is 31.1 Å². The third-order valence-corrected chi connectivity index (χ3v) is 4.67. The molecule has 114 valence electrons. The maximum absolute atomic E-state index is 11.2. The average Bonchev–Trinajstić information content (AvgIpc) is 3.06. The molecule has 0 spiro atoms. The lowest BCUT2D eigenvalue weighted by Gasteiger charge is -2.26. The molecule has 0 bridgehead atoms. The molecule has 0 unspecified atom stereocenters. The number of nitrogens with two attached hydrogens (primary N) is 1. The summed E-state index contributed by atoms with van der Waals surface area (Å²) in [6, 6.07) is 4.31. The van der Waals surface area contributed by atoms with Crippen LogP contribution in [0.15, 0.2) is 18.2 Å². The largest absolute Gasteiger partial charge is 0.478 e. The smallest absolute Gasteiger partial charge is 0.328 e. The minimum Gasteiger partial charge on any atom is -0.478 e. The Morgan fingerprint density at radius 3 is 2.71 bits per heavy atom. The van der Waals surface area contributed by atoms with Gasteiger partial charge in [0.15, 0.2) is 0 Å². The highest BCUT2D eigenvalue weighted by molar-refractivity contribution is 7.12. The van der Waals surface area contributed by atoms with Gasteiger partial charge in [-0.2, -0.15) is 0 Å². The highest BCUT2D eigenvalue weighted by Gasteiger charge is 2.24. The van der Waals surface area contributed by atoms with Crippen molar-refractivity contribution in [2.45, 2.75) is 38.3 Å². The molecule has 0 saturated heterocycles. The molecular weight excluding hydrogens is 288 g/mol. The quantitative estimate of drug-likeness (QED) is 0.755. The van der Waals surface area contributed by atoms with E-state index in [-0.39, 0.29) is 12.5 Å². The van der Waals surface area contributed by atoms with E-state index >= 15 is 0 Å². The zero-order chi connectivity index (χ0) is 15.2. The van der Waals surface area contributed by atoms with Crippen molar-refractivity contribution in [2.75, 3.05) is 6.54 Å². The highest BCUT2D eigenvalue weighted by atomic mass is 32.1. The van der Waals surface area contributed by atoms with Crippen LogP contribution in [0.1, 0.15) is 35.4 Å². The second kappa shape index (κ2) is 7.38. The molecule has 1 fully saturated rings. The molecular formula is C15H20N2O3S. The predicted octanol–water partition coefficient (Wildman–Crippen LogP) is 2.08. The van der Waals surface area contributed by atoms with Gasteiger partial charge in [0.2, 0.25) is 5.91 Å². The molecule has 1 heterocycles. The molecule has 0 radical (unpaired) electrons. The number of hydrogen-bond donors (Lipinski definition) is 2. The van der Waals surface area contributed by atoms with E-state index in [0.717, 1.165) is 28.7 Å². The third-order valence-electron chi connectivity index (χ3n) is 3.63. The van der Waals surface area contributed by atoms with E-state index in [2.05, 4.69) is 4.90 Å². The van der Waals surface area contributed by atoms with E-state index in [1.807, 2.05) is 12.1 Å². The molecule has 1 amide bonds. The van der Waals surface area contributed by atoms with Gasteiger partial charge < -0.3 is 10.8 Å². The molecule has 3 N–H and O–H groups in total. The third kappa shape index (κ3) is 4.99. The Bertz CT molecular complexity index is 533. The second-order valence-electron chi connectivity index (χ2n) is 5.29. The van der Waals surface area contributed by atoms with Crippen LogP contribution in [0.4, 0.5) is 0 Å². The molecule has 1 aromatic heterocycles. The van der Waals surface area contributed by atoms with Crippen molar-refractivity contribution >= 4 is 29.3 Å². The van der Waals surface area contributed by atoms with Crippen molar-refractivity contribution in [1.29, 1.82) is 0 Å². The van der Waals surface area contributed by atoms with Gasteiger partial charge in [-0.3, -0.25) is 9.69 Å². The minimum atomic E-state index is -0.953. The van der Waals surface area contributed by atoms with Gasteiger partial charge in [-0.25, -0.2) is 4.79 Å². The first-order valence-corrected chi connectivity index (χ1v) is 7.88. The normalized spacial score (nSPS) is 16.0. The average molecular weight is 308 g/mol. The Kier molecular flexibility index (Phi) is 5.52. The summed E-state index contributed by atoms with van der Waals surface area (Å²) in [7, 11) is 0. The van der Waals surface area contributed by atoms with Crippen LogP contribution in [0, 0.1) is 0 Å². The summed E-state index contributed by atoms with van der Waals surface area (Å²) < 4.78 is 0. The molecule has 2 rings (SSSR count). The summed E-state index contributed by atoms with van der Waals surface area (Å²) in [5.41, 5.74) is 5.35. The molecule has 0 aromatic carbocycles. The highest BCUT2D eigenvalue weighted by Crippen LogP contribution is 2.27. The van der Waals surface area contributed by atoms with Crippen molar-refractivity contribution in [3.63, 3.8) is 0 Å². The van der Waals surface area contributed by atoms with Gasteiger partial charge in [0.25, 0.3) is 0 Å². The summed E-state index contributed by atoms with van der Waals surface area (Å²) in [5.74, 6) is -1.25. The van der Waals surface area contributed by atoms with E-state index in [1.165, 1.54) is 12.8 Å². The lowest BCUT2D eigenvalue weighted by Crippen LogP contribution is -2.39. The Morgan fingerprint density at radius 2 is 2.10 bits per heavy atom. The van der Waals surface area contributed by atoms with Gasteiger partial charge in [-0.15, -0.1) is 11.3 Å². The van der Waals surface area contributed by atoms with Crippen LogP contribution in [-0.4, -0.2) is 34.5 Å². The summed E-state index contributed by atoms with van der Waals surface area (Å²) in [4.78, 5) is 25.9. The molecule has 0 aliphatic heterocycles. The van der Waals surface area contributed by atoms with E-state index in [0.29, 0.717) is 12.6 Å². The zero-order valence-electron chi connectivity index (χ0n) is 11.8. The van der Waals surface area contributed by atoms with Crippen LogP contribution in [0.2, 0.25) is 0 Å². The monoisotopic (exact) mass is 308 g/mol. The fourth-order valence-corrected chi connectivity index (χ4v) is 3.65. The van der Waals surface area contributed by atoms with Crippen molar-refractivity contribution < 1.29 is 14.7 Å². The summed E-state index contributed by atoms with van der Waals surface area (Å²) in [6.07, 6.45) is 7.36. The second-order valence-corrected chi connectivity index (χ2v) is 6.49. The molecule has 1 aliphatic rings. The molecule has 0 atom stereocenters. The van der Waals surface area contributed by atoms with Crippen LogP contribution in [-0.2, 0) is 16.1 Å². The fraction of sp³-hybridized carbons (Fsp3) is 0.467. The number of rotatable bonds is 7. The fourth-order valence-electron chi connectivity index (χ4n) is 2.71. The number of aliphatic carboxylic acids is 1. The molecule has 21 heavy (non-hydrogen) atoms. The van der Waals surface area contributed by atoms with E-state index < -0.39 is 5.97 Å². The first-order valence-electron chi connectivity index (χ1n) is 7.06. The summed E-state index contributed by atoms with van der Waals surface area (Å²) in [6.45, 7) is 0.974. The predicted molar refractivity (Wildman–Crippen MR) is 82.8 cm³/mol. The summed E-state index contributed by atoms with van der Waals surface area (Å²) >= 11 is 1.55. The maximum Gasteiger partial charge on any atom is 0.328 e. The molecule has 5 nitrogen and oxygen atoms in total. The first-order chi connectivity index (χ1) is 10.0. The van der Waals surface area contributed by atoms with Crippen LogP contribution < -0.4 is 5.73 Å². The summed E-state index contributed by atoms with van der Waals surface area (Å²) in [5, 5.41) is 8.63. The van der Waals surface area contributed by atoms with Crippen LogP contribution in [0.3, 0.4) is 0 Å². The number of carbonyl (C=O) groups is 2. The van der Waals surface area contributed by atoms with Gasteiger partial charge in [0.05, 0.1) is 6.54 Å². The van der Waals surface area contributed by atoms with Gasteiger partial charge >= 0.3 is 5.97 Å². The number of primary amides is 1. The molecule has 6 heteroatoms. The van der Waals surface area contributed by atoms with Crippen molar-refractivity contribution in [1.82, 2.24) is 4.90 Å². The maximum atomic E-state index is 11.2. The van der Waals surface area contributed by atoms with Crippen LogP contribution in [0.25, 0.3) is 6.08 Å². The molecule has 1 aliphatic carbocycles. The van der Waals surface area contributed by atoms with E-state index in [1.54, 1.807) is 17.4 Å². The van der Waals surface area contributed by atoms with Crippen molar-refractivity contribution in [2.24, 2.45) is 5.73 Å². The number of carbonyl (C=O) groups excluding carboxylic acids is 1. The van der Waals surface area contributed by atoms with E-state index in [4.69, 9.17) is 10.8 Å². The Morgan fingerprint density at radius 1 is 1.38 bits per heavy atom. The van der Waals surface area contributed by atoms with Crippen molar-refractivity contribution in [3.8, 4) is 0 Å². The topological polar surface area (TPSA) is 83.6 Å². The van der Waals surface area contributed by atoms with Gasteiger partial charge in [-0.1, -0.05) is 12.8 Å². The first kappa shape index (κ1) is 15.7. The standard InChI is InChI=1S/C15H20N2O3S/c16-14(18)10-17(11-3-1-2-4-11)9-13-6-5-12(21-13)7-8-15(19)20/h5-8,11H,1-4,9-10H2,(H2,16,18)(H,19,20). The molecule has 1 saturated carbocycles. The Labute approximate surface area is 128 Å². The lowest BCUT2D eigenvalue weighted by molar-refractivity contribution is -0.131. The number of carboxylic acid groups (broad SMARTS) is 1. The van der Waals surface area contributed by atoms with E-state index in [9.17, 15) is 9.59 Å². The molecule has 1 aromatic rings. The number of hydrogen-bond acceptors (Lipinski definition) is 4.